The van der Waals surface area contributed by atoms with E-state index in [1.54, 1.807) is 13.0 Å². The molecule has 1 nitrogen and oxygen atoms in total. The predicted molar refractivity (Wildman–Crippen MR) is 33.7 cm³/mol. The van der Waals surface area contributed by atoms with Gasteiger partial charge in [-0.05, 0) is 6.92 Å². The van der Waals surface area contributed by atoms with Crippen molar-refractivity contribution in [3.63, 3.8) is 0 Å². The van der Waals surface area contributed by atoms with E-state index in [2.05, 4.69) is 6.58 Å². The van der Waals surface area contributed by atoms with Gasteiger partial charge in [0.15, 0.2) is 0 Å². The van der Waals surface area contributed by atoms with Gasteiger partial charge in [-0.1, -0.05) is 6.08 Å². The number of allylic oxidation sites excluding steroid dienone is 1. The zero-order chi connectivity index (χ0) is 6.12. The first-order chi connectivity index (χ1) is 3.33. The third kappa shape index (κ3) is 86.7. The first-order valence-electron chi connectivity index (χ1n) is 2.11. The van der Waals surface area contributed by atoms with E-state index >= 15 is 0 Å². The Labute approximate surface area is 66.2 Å². The van der Waals surface area contributed by atoms with Crippen LogP contribution in [0.1, 0.15) is 6.92 Å². The topological polar surface area (TPSA) is 20.2 Å². The molecule has 0 atom stereocenters. The molecular weight excluding hydrogens is 167 g/mol. The molecule has 0 bridgehead atoms. The van der Waals surface area contributed by atoms with E-state index < -0.39 is 0 Å². The maximum atomic E-state index is 7.57. The fourth-order valence-electron chi connectivity index (χ4n) is 0. The second-order valence-electron chi connectivity index (χ2n) is 0.759. The molecule has 52 valence electrons. The average Bonchev–Trinajstić information content (AvgIpc) is 1.69. The van der Waals surface area contributed by atoms with E-state index in [0.717, 1.165) is 0 Å². The van der Waals surface area contributed by atoms with E-state index in [0.29, 0.717) is 5.88 Å². The van der Waals surface area contributed by atoms with Gasteiger partial charge in [0.1, 0.15) is 0 Å². The second kappa shape index (κ2) is 25.8. The molecule has 3 heteroatoms. The van der Waals surface area contributed by atoms with Crippen LogP contribution in [0.15, 0.2) is 12.7 Å². The average molecular weight is 178 g/mol. The van der Waals surface area contributed by atoms with E-state index in [4.69, 9.17) is 16.7 Å². The van der Waals surface area contributed by atoms with Crippen molar-refractivity contribution in [3.05, 3.63) is 12.7 Å². The van der Waals surface area contributed by atoms with Crippen LogP contribution in [0.3, 0.4) is 0 Å². The Balaban J connectivity index is -0.0000000575. The van der Waals surface area contributed by atoms with Crippen LogP contribution >= 0.6 is 11.6 Å². The van der Waals surface area contributed by atoms with Gasteiger partial charge in [-0.25, -0.2) is 0 Å². The summed E-state index contributed by atoms with van der Waals surface area (Å²) >= 11 is 5.07. The Morgan fingerprint density at radius 3 is 1.88 bits per heavy atom. The van der Waals surface area contributed by atoms with Crippen molar-refractivity contribution in [1.29, 1.82) is 0 Å². The van der Waals surface area contributed by atoms with Crippen LogP contribution in [0.4, 0.5) is 0 Å². The van der Waals surface area contributed by atoms with Gasteiger partial charge in [0.25, 0.3) is 0 Å². The van der Waals surface area contributed by atoms with Crippen LogP contribution in [0.2, 0.25) is 0 Å². The summed E-state index contributed by atoms with van der Waals surface area (Å²) in [6.07, 6.45) is 1.64. The molecule has 0 saturated heterocycles. The summed E-state index contributed by atoms with van der Waals surface area (Å²) < 4.78 is 0. The number of hydrogen-bond donors (Lipinski definition) is 1. The largest absolute Gasteiger partial charge is 0.397 e. The van der Waals surface area contributed by atoms with Gasteiger partial charge >= 0.3 is 0 Å². The van der Waals surface area contributed by atoms with E-state index in [1.165, 1.54) is 0 Å². The predicted octanol–water partition coefficient (Wildman–Crippen LogP) is 1.41. The quantitative estimate of drug-likeness (QED) is 0.366. The van der Waals surface area contributed by atoms with Crippen molar-refractivity contribution in [1.82, 2.24) is 0 Å². The third-order valence-electron chi connectivity index (χ3n) is 0.109. The first kappa shape index (κ1) is 15.8. The zero-order valence-electron chi connectivity index (χ0n) is 4.88. The minimum absolute atomic E-state index is 0. The fourth-order valence-corrected chi connectivity index (χ4v) is 0. The van der Waals surface area contributed by atoms with Crippen LogP contribution < -0.4 is 0 Å². The van der Waals surface area contributed by atoms with Crippen LogP contribution in [-0.2, 0) is 17.1 Å². The molecule has 1 N–H and O–H groups in total. The van der Waals surface area contributed by atoms with Crippen LogP contribution in [0, 0.1) is 0 Å². The standard InChI is InChI=1S/C3H5Cl.C2H6O.Fe/c1-2-3-4;1-2-3;/h2H,1,3H2;3H,2H2,1H3;. The molecule has 0 saturated carbocycles. The van der Waals surface area contributed by atoms with Gasteiger partial charge < -0.3 is 5.11 Å². The van der Waals surface area contributed by atoms with Crippen molar-refractivity contribution in [2.75, 3.05) is 12.5 Å². The summed E-state index contributed by atoms with van der Waals surface area (Å²) in [7, 11) is 0. The number of aliphatic hydroxyl groups excluding tert-OH is 1. The maximum absolute atomic E-state index is 7.57. The minimum Gasteiger partial charge on any atom is -0.397 e. The van der Waals surface area contributed by atoms with Crippen LogP contribution in [0.25, 0.3) is 0 Å². The van der Waals surface area contributed by atoms with Gasteiger partial charge in [0, 0.05) is 29.6 Å². The molecule has 0 spiro atoms. The monoisotopic (exact) mass is 178 g/mol. The Bertz CT molecular complexity index is 33.6. The molecule has 0 aliphatic rings. The molecule has 0 amide bonds. The molecular formula is C5H11ClFeO. The van der Waals surface area contributed by atoms with Crippen molar-refractivity contribution in [2.24, 2.45) is 0 Å². The Morgan fingerprint density at radius 1 is 1.75 bits per heavy atom. The van der Waals surface area contributed by atoms with Crippen molar-refractivity contribution in [3.8, 4) is 0 Å². The summed E-state index contributed by atoms with van der Waals surface area (Å²) in [5, 5.41) is 7.57. The first-order valence-corrected chi connectivity index (χ1v) is 2.64. The molecule has 0 aliphatic heterocycles. The Hall–Kier alpha value is 0.509. The SMILES string of the molecule is C=CCCl.CCO.[Fe]. The summed E-state index contributed by atoms with van der Waals surface area (Å²) in [6.45, 7) is 5.28. The van der Waals surface area contributed by atoms with Crippen molar-refractivity contribution >= 4 is 11.6 Å². The van der Waals surface area contributed by atoms with Crippen LogP contribution in [-0.4, -0.2) is 17.6 Å². The summed E-state index contributed by atoms with van der Waals surface area (Å²) in [4.78, 5) is 0. The summed E-state index contributed by atoms with van der Waals surface area (Å²) in [6, 6.07) is 0. The van der Waals surface area contributed by atoms with Gasteiger partial charge in [-0.3, -0.25) is 0 Å². The molecule has 0 rings (SSSR count). The molecule has 0 unspecified atom stereocenters. The molecule has 0 aromatic heterocycles. The third-order valence-corrected chi connectivity index (χ3v) is 0.327. The molecule has 0 radical (unpaired) electrons. The van der Waals surface area contributed by atoms with Crippen molar-refractivity contribution in [2.45, 2.75) is 6.92 Å². The molecule has 0 heterocycles. The number of rotatable bonds is 1. The fraction of sp³-hybridized carbons (Fsp3) is 0.600. The normalized spacial score (nSPS) is 5.38. The van der Waals surface area contributed by atoms with Gasteiger partial charge in [0.2, 0.25) is 0 Å². The van der Waals surface area contributed by atoms with Crippen LogP contribution in [0.5, 0.6) is 0 Å². The maximum Gasteiger partial charge on any atom is 0.0402 e. The van der Waals surface area contributed by atoms with E-state index in [-0.39, 0.29) is 23.7 Å². The Kier molecular flexibility index (Phi) is 51.1. The number of hydrogen-bond acceptors (Lipinski definition) is 1. The smallest absolute Gasteiger partial charge is 0.0402 e. The van der Waals surface area contributed by atoms with Gasteiger partial charge in [0.05, 0.1) is 0 Å². The molecule has 0 aromatic rings. The second-order valence-corrected chi connectivity index (χ2v) is 1.07. The van der Waals surface area contributed by atoms with Gasteiger partial charge in [-0.15, -0.1) is 18.2 Å². The zero-order valence-corrected chi connectivity index (χ0v) is 6.74. The molecule has 0 aromatic carbocycles. The number of aliphatic hydroxyl groups is 1. The minimum atomic E-state index is 0. The molecule has 0 aliphatic carbocycles. The van der Waals surface area contributed by atoms with E-state index in [9.17, 15) is 0 Å². The summed E-state index contributed by atoms with van der Waals surface area (Å²) in [5.74, 6) is 0.556. The molecule has 0 fully saturated rings. The van der Waals surface area contributed by atoms with Crippen molar-refractivity contribution < 1.29 is 22.2 Å². The Morgan fingerprint density at radius 2 is 1.88 bits per heavy atom. The van der Waals surface area contributed by atoms with E-state index in [1.807, 2.05) is 0 Å². The molecule has 8 heavy (non-hydrogen) atoms. The van der Waals surface area contributed by atoms with Gasteiger partial charge in [-0.2, -0.15) is 0 Å². The number of halogens is 1. The summed E-state index contributed by atoms with van der Waals surface area (Å²) in [5.41, 5.74) is 0. The number of alkyl halides is 1.